The summed E-state index contributed by atoms with van der Waals surface area (Å²) in [5, 5.41) is 6.44. The zero-order chi connectivity index (χ0) is 21.9. The Kier molecular flexibility index (Phi) is 6.26. The van der Waals surface area contributed by atoms with Crippen molar-refractivity contribution < 1.29 is 9.53 Å². The predicted molar refractivity (Wildman–Crippen MR) is 128 cm³/mol. The zero-order valence-corrected chi connectivity index (χ0v) is 19.1. The number of likely N-dealkylation sites (tertiary alicyclic amines) is 1. The summed E-state index contributed by atoms with van der Waals surface area (Å²) < 4.78 is 5.95. The maximum atomic E-state index is 12.9. The standard InChI is InChI=1S/C27H33N3O2/c1-20-6-7-21-8-9-22-19-26(31)30(28-27(22)25(21)18-20)23-10-12-24(13-11-23)32-17-5-16-29-14-3-2-4-15-29/h6-7,10-13,18,22H,2-5,8-9,14-17,19H2,1H3. The third-order valence-electron chi connectivity index (χ3n) is 6.97. The summed E-state index contributed by atoms with van der Waals surface area (Å²) in [4.78, 5) is 15.4. The monoisotopic (exact) mass is 431 g/mol. The van der Waals surface area contributed by atoms with E-state index in [9.17, 15) is 4.79 Å². The van der Waals surface area contributed by atoms with Gasteiger partial charge in [0.25, 0.3) is 0 Å². The van der Waals surface area contributed by atoms with E-state index in [-0.39, 0.29) is 11.8 Å². The Labute approximate surface area is 191 Å². The van der Waals surface area contributed by atoms with Crippen molar-refractivity contribution in [2.24, 2.45) is 11.0 Å². The van der Waals surface area contributed by atoms with Crippen molar-refractivity contribution in [3.05, 3.63) is 59.2 Å². The smallest absolute Gasteiger partial charge is 0.248 e. The molecular formula is C27H33N3O2. The van der Waals surface area contributed by atoms with Gasteiger partial charge in [-0.3, -0.25) is 4.79 Å². The molecule has 1 fully saturated rings. The van der Waals surface area contributed by atoms with E-state index < -0.39 is 0 Å². The Morgan fingerprint density at radius 3 is 2.69 bits per heavy atom. The van der Waals surface area contributed by atoms with Gasteiger partial charge >= 0.3 is 0 Å². The summed E-state index contributed by atoms with van der Waals surface area (Å²) >= 11 is 0. The SMILES string of the molecule is Cc1ccc2c(c1)C1=NN(c3ccc(OCCCN4CCCCC4)cc3)C(=O)CC1CC2. The number of hydrogen-bond acceptors (Lipinski definition) is 4. The van der Waals surface area contributed by atoms with Crippen LogP contribution in [0.1, 0.15) is 55.2 Å². The van der Waals surface area contributed by atoms with Crippen molar-refractivity contribution in [1.82, 2.24) is 4.90 Å². The van der Waals surface area contributed by atoms with Crippen LogP contribution in [0, 0.1) is 12.8 Å². The molecule has 168 valence electrons. The number of hydrogen-bond donors (Lipinski definition) is 0. The summed E-state index contributed by atoms with van der Waals surface area (Å²) in [5.74, 6) is 1.15. The van der Waals surface area contributed by atoms with Crippen LogP contribution < -0.4 is 9.75 Å². The highest BCUT2D eigenvalue weighted by atomic mass is 16.5. The molecule has 5 nitrogen and oxygen atoms in total. The van der Waals surface area contributed by atoms with Gasteiger partial charge in [0.05, 0.1) is 18.0 Å². The summed E-state index contributed by atoms with van der Waals surface area (Å²) in [6, 6.07) is 14.4. The molecule has 2 heterocycles. The average Bonchev–Trinajstić information content (AvgIpc) is 2.82. The lowest BCUT2D eigenvalue weighted by atomic mass is 9.79. The van der Waals surface area contributed by atoms with Crippen LogP contribution >= 0.6 is 0 Å². The largest absolute Gasteiger partial charge is 0.494 e. The summed E-state index contributed by atoms with van der Waals surface area (Å²) in [5.41, 5.74) is 5.66. The number of hydrazone groups is 1. The third kappa shape index (κ3) is 4.58. The van der Waals surface area contributed by atoms with E-state index in [0.717, 1.165) is 49.6 Å². The number of nitrogens with zero attached hydrogens (tertiary/aromatic N) is 3. The number of ether oxygens (including phenoxy) is 1. The van der Waals surface area contributed by atoms with Crippen LogP contribution in [0.25, 0.3) is 0 Å². The molecule has 1 amide bonds. The molecule has 1 saturated heterocycles. The first-order valence-electron chi connectivity index (χ1n) is 12.1. The van der Waals surface area contributed by atoms with E-state index in [1.54, 1.807) is 5.01 Å². The molecular weight excluding hydrogens is 398 g/mol. The van der Waals surface area contributed by atoms with Gasteiger partial charge in [0.15, 0.2) is 0 Å². The van der Waals surface area contributed by atoms with Gasteiger partial charge in [-0.15, -0.1) is 0 Å². The van der Waals surface area contributed by atoms with E-state index in [0.29, 0.717) is 6.42 Å². The molecule has 1 aliphatic carbocycles. The second-order valence-electron chi connectivity index (χ2n) is 9.39. The number of fused-ring (bicyclic) bond motifs is 3. The van der Waals surface area contributed by atoms with Crippen LogP contribution in [-0.4, -0.2) is 42.8 Å². The predicted octanol–water partition coefficient (Wildman–Crippen LogP) is 4.95. The van der Waals surface area contributed by atoms with Gasteiger partial charge in [-0.1, -0.05) is 24.1 Å². The number of benzene rings is 2. The van der Waals surface area contributed by atoms with Crippen molar-refractivity contribution in [2.45, 2.75) is 51.9 Å². The lowest BCUT2D eigenvalue weighted by Gasteiger charge is -2.33. The zero-order valence-electron chi connectivity index (χ0n) is 19.1. The van der Waals surface area contributed by atoms with Crippen molar-refractivity contribution in [3.8, 4) is 5.75 Å². The fraction of sp³-hybridized carbons (Fsp3) is 0.481. The van der Waals surface area contributed by atoms with E-state index in [1.807, 2.05) is 24.3 Å². The molecule has 2 aliphatic heterocycles. The Balaban J connectivity index is 1.24. The number of rotatable bonds is 6. The number of carbonyl (C=O) groups excluding carboxylic acids is 1. The fourth-order valence-electron chi connectivity index (χ4n) is 5.17. The molecule has 5 heteroatoms. The lowest BCUT2D eigenvalue weighted by Crippen LogP contribution is -2.39. The number of amides is 1. The first-order chi connectivity index (χ1) is 15.7. The van der Waals surface area contributed by atoms with E-state index in [4.69, 9.17) is 9.84 Å². The molecule has 0 spiro atoms. The minimum absolute atomic E-state index is 0.0741. The molecule has 0 N–H and O–H groups in total. The Hall–Kier alpha value is -2.66. The van der Waals surface area contributed by atoms with Crippen molar-refractivity contribution in [3.63, 3.8) is 0 Å². The number of aryl methyl sites for hydroxylation is 2. The van der Waals surface area contributed by atoms with Gasteiger partial charge in [0, 0.05) is 24.4 Å². The highest BCUT2D eigenvalue weighted by Gasteiger charge is 2.34. The molecule has 3 aliphatic rings. The average molecular weight is 432 g/mol. The van der Waals surface area contributed by atoms with Crippen LogP contribution in [0.5, 0.6) is 5.75 Å². The van der Waals surface area contributed by atoms with Gasteiger partial charge < -0.3 is 9.64 Å². The molecule has 0 bridgehead atoms. The van der Waals surface area contributed by atoms with Crippen molar-refractivity contribution in [2.75, 3.05) is 31.3 Å². The van der Waals surface area contributed by atoms with Gasteiger partial charge in [0.2, 0.25) is 5.91 Å². The quantitative estimate of drug-likeness (QED) is 0.608. The lowest BCUT2D eigenvalue weighted by molar-refractivity contribution is -0.119. The molecule has 0 radical (unpaired) electrons. The maximum Gasteiger partial charge on any atom is 0.248 e. The topological polar surface area (TPSA) is 45.1 Å². The molecule has 1 unspecified atom stereocenters. The molecule has 5 rings (SSSR count). The first-order valence-corrected chi connectivity index (χ1v) is 12.1. The molecule has 0 aromatic heterocycles. The van der Waals surface area contributed by atoms with Crippen LogP contribution in [0.3, 0.4) is 0 Å². The van der Waals surface area contributed by atoms with Crippen LogP contribution in [0.2, 0.25) is 0 Å². The second kappa shape index (κ2) is 9.45. The Bertz CT molecular complexity index is 992. The highest BCUT2D eigenvalue weighted by Crippen LogP contribution is 2.34. The normalized spacial score (nSPS) is 21.0. The van der Waals surface area contributed by atoms with Crippen LogP contribution in [0.15, 0.2) is 47.6 Å². The van der Waals surface area contributed by atoms with E-state index >= 15 is 0 Å². The Morgan fingerprint density at radius 2 is 1.88 bits per heavy atom. The molecule has 2 aromatic rings. The molecule has 0 saturated carbocycles. The fourth-order valence-corrected chi connectivity index (χ4v) is 5.17. The molecule has 1 atom stereocenters. The van der Waals surface area contributed by atoms with E-state index in [2.05, 4.69) is 30.0 Å². The van der Waals surface area contributed by atoms with Crippen LogP contribution in [-0.2, 0) is 11.2 Å². The number of carbonyl (C=O) groups is 1. The number of anilines is 1. The third-order valence-corrected chi connectivity index (χ3v) is 6.97. The van der Waals surface area contributed by atoms with Crippen molar-refractivity contribution >= 4 is 17.3 Å². The van der Waals surface area contributed by atoms with Gasteiger partial charge in [-0.25, -0.2) is 5.01 Å². The molecule has 32 heavy (non-hydrogen) atoms. The second-order valence-corrected chi connectivity index (χ2v) is 9.39. The summed E-state index contributed by atoms with van der Waals surface area (Å²) in [6.07, 6.45) is 7.62. The van der Waals surface area contributed by atoms with E-state index in [1.165, 1.54) is 49.0 Å². The maximum absolute atomic E-state index is 12.9. The minimum atomic E-state index is 0.0741. The summed E-state index contributed by atoms with van der Waals surface area (Å²) in [6.45, 7) is 6.40. The van der Waals surface area contributed by atoms with Crippen molar-refractivity contribution in [1.29, 1.82) is 0 Å². The summed E-state index contributed by atoms with van der Waals surface area (Å²) in [7, 11) is 0. The first kappa shape index (κ1) is 21.2. The van der Waals surface area contributed by atoms with Gasteiger partial charge in [-0.2, -0.15) is 5.10 Å². The number of piperidine rings is 1. The minimum Gasteiger partial charge on any atom is -0.494 e. The van der Waals surface area contributed by atoms with Gasteiger partial charge in [0.1, 0.15) is 5.75 Å². The van der Waals surface area contributed by atoms with Crippen LogP contribution in [0.4, 0.5) is 5.69 Å². The Morgan fingerprint density at radius 1 is 1.06 bits per heavy atom. The molecule has 2 aromatic carbocycles. The highest BCUT2D eigenvalue weighted by molar-refractivity contribution is 6.11. The van der Waals surface area contributed by atoms with Gasteiger partial charge in [-0.05, 0) is 88.0 Å².